The fourth-order valence-electron chi connectivity index (χ4n) is 4.48. The highest BCUT2D eigenvalue weighted by atomic mass is 19.3. The summed E-state index contributed by atoms with van der Waals surface area (Å²) in [6.07, 6.45) is -1.22. The number of amides is 1. The molecule has 8 heteroatoms. The summed E-state index contributed by atoms with van der Waals surface area (Å²) >= 11 is 0. The van der Waals surface area contributed by atoms with E-state index in [1.807, 2.05) is 6.92 Å². The maximum atomic E-state index is 13.1. The summed E-state index contributed by atoms with van der Waals surface area (Å²) in [7, 11) is 0. The van der Waals surface area contributed by atoms with Crippen LogP contribution in [0.1, 0.15) is 69.8 Å². The number of hydrogen-bond acceptors (Lipinski definition) is 2. The fourth-order valence-corrected chi connectivity index (χ4v) is 4.48. The van der Waals surface area contributed by atoms with Crippen LogP contribution in [-0.2, 0) is 4.79 Å². The van der Waals surface area contributed by atoms with Crippen LogP contribution < -0.4 is 5.32 Å². The van der Waals surface area contributed by atoms with Crippen molar-refractivity contribution in [2.24, 2.45) is 17.8 Å². The first-order valence-electron chi connectivity index (χ1n) is 8.74. The van der Waals surface area contributed by atoms with Gasteiger partial charge in [-0.1, -0.05) is 6.42 Å². The molecule has 0 spiro atoms. The molecule has 4 nitrogen and oxygen atoms in total. The normalized spacial score (nSPS) is 27.9. The number of rotatable bonds is 6. The largest absolute Gasteiger partial charge is 0.352 e. The lowest BCUT2D eigenvalue weighted by atomic mass is 9.84. The summed E-state index contributed by atoms with van der Waals surface area (Å²) in [6, 6.07) is -0.471. The summed E-state index contributed by atoms with van der Waals surface area (Å²) in [5.74, 6) is 1.28. The van der Waals surface area contributed by atoms with Crippen LogP contribution >= 0.6 is 0 Å². The molecule has 0 radical (unpaired) electrons. The highest BCUT2D eigenvalue weighted by Gasteiger charge is 2.42. The summed E-state index contributed by atoms with van der Waals surface area (Å²) in [5.41, 5.74) is -1.40. The minimum Gasteiger partial charge on any atom is -0.352 e. The molecule has 2 bridgehead atoms. The second-order valence-electron chi connectivity index (χ2n) is 7.35. The van der Waals surface area contributed by atoms with Crippen molar-refractivity contribution in [3.8, 4) is 0 Å². The van der Waals surface area contributed by atoms with Crippen LogP contribution in [-0.4, -0.2) is 21.7 Å². The van der Waals surface area contributed by atoms with E-state index in [2.05, 4.69) is 10.4 Å². The lowest BCUT2D eigenvalue weighted by Gasteiger charge is -2.29. The van der Waals surface area contributed by atoms with Crippen molar-refractivity contribution < 1.29 is 22.4 Å². The maximum Gasteiger partial charge on any atom is 0.282 e. The number of alkyl halides is 4. The molecule has 0 aromatic carbocycles. The molecule has 0 aliphatic heterocycles. The fraction of sp³-hybridized carbons (Fsp3) is 0.765. The van der Waals surface area contributed by atoms with Crippen molar-refractivity contribution in [3.05, 3.63) is 17.5 Å². The predicted molar refractivity (Wildman–Crippen MR) is 83.4 cm³/mol. The molecule has 3 rings (SSSR count). The van der Waals surface area contributed by atoms with Gasteiger partial charge in [-0.25, -0.2) is 17.6 Å². The lowest BCUT2D eigenvalue weighted by molar-refractivity contribution is -0.125. The Labute approximate surface area is 144 Å². The monoisotopic (exact) mass is 361 g/mol. The third-order valence-corrected chi connectivity index (χ3v) is 5.78. The molecular weight excluding hydrogens is 338 g/mol. The lowest BCUT2D eigenvalue weighted by Crippen LogP contribution is -2.43. The first-order chi connectivity index (χ1) is 11.8. The van der Waals surface area contributed by atoms with Crippen LogP contribution in [0.5, 0.6) is 0 Å². The zero-order valence-electron chi connectivity index (χ0n) is 14.3. The topological polar surface area (TPSA) is 46.9 Å². The Hall–Kier alpha value is -1.60. The molecule has 2 saturated carbocycles. The molecule has 25 heavy (non-hydrogen) atoms. The molecule has 1 heterocycles. The smallest absolute Gasteiger partial charge is 0.282 e. The van der Waals surface area contributed by atoms with Gasteiger partial charge in [0.1, 0.15) is 17.4 Å². The van der Waals surface area contributed by atoms with Crippen molar-refractivity contribution in [2.75, 3.05) is 0 Å². The van der Waals surface area contributed by atoms with Crippen molar-refractivity contribution in [1.29, 1.82) is 0 Å². The van der Waals surface area contributed by atoms with Gasteiger partial charge in [0.2, 0.25) is 5.91 Å². The van der Waals surface area contributed by atoms with Gasteiger partial charge >= 0.3 is 0 Å². The van der Waals surface area contributed by atoms with Gasteiger partial charge in [-0.15, -0.1) is 0 Å². The van der Waals surface area contributed by atoms with Gasteiger partial charge < -0.3 is 5.32 Å². The second-order valence-corrected chi connectivity index (χ2v) is 7.35. The van der Waals surface area contributed by atoms with E-state index in [1.165, 1.54) is 26.2 Å². The molecule has 2 aliphatic rings. The molecule has 1 aromatic heterocycles. The zero-order valence-corrected chi connectivity index (χ0v) is 14.3. The number of carbonyl (C=O) groups is 1. The Kier molecular flexibility index (Phi) is 5.06. The van der Waals surface area contributed by atoms with E-state index >= 15 is 0 Å². The Morgan fingerprint density at radius 3 is 2.44 bits per heavy atom. The number of fused-ring (bicyclic) bond motifs is 2. The summed E-state index contributed by atoms with van der Waals surface area (Å²) in [5, 5.41) is 6.40. The van der Waals surface area contributed by atoms with E-state index in [-0.39, 0.29) is 6.04 Å². The molecule has 1 N–H and O–H groups in total. The molecule has 1 amide bonds. The summed E-state index contributed by atoms with van der Waals surface area (Å²) < 4.78 is 52.5. The van der Waals surface area contributed by atoms with Crippen LogP contribution in [0.3, 0.4) is 0 Å². The number of aromatic nitrogens is 2. The summed E-state index contributed by atoms with van der Waals surface area (Å²) in [6.45, 7) is 3.33. The maximum absolute atomic E-state index is 13.1. The highest BCUT2D eigenvalue weighted by Crippen LogP contribution is 2.49. The highest BCUT2D eigenvalue weighted by molar-refractivity contribution is 5.80. The Bertz CT molecular complexity index is 633. The number of hydrogen-bond donors (Lipinski definition) is 1. The predicted octanol–water partition coefficient (Wildman–Crippen LogP) is 4.26. The molecule has 2 fully saturated rings. The SMILES string of the molecule is CC(NC(=O)C(C)n1nc(C(F)F)cc1C(F)F)C1CC2CCC1C2. The van der Waals surface area contributed by atoms with Gasteiger partial charge in [0.05, 0.1) is 0 Å². The molecule has 0 saturated heterocycles. The van der Waals surface area contributed by atoms with Gasteiger partial charge in [0.25, 0.3) is 12.9 Å². The minimum atomic E-state index is -2.97. The van der Waals surface area contributed by atoms with E-state index in [1.54, 1.807) is 0 Å². The molecule has 5 atom stereocenters. The average Bonchev–Trinajstić information content (AvgIpc) is 3.27. The molecule has 140 valence electrons. The molecule has 2 aliphatic carbocycles. The van der Waals surface area contributed by atoms with Gasteiger partial charge in [0, 0.05) is 6.04 Å². The number of carbonyl (C=O) groups excluding carboxylic acids is 1. The number of halogens is 4. The van der Waals surface area contributed by atoms with Crippen molar-refractivity contribution in [2.45, 2.75) is 64.5 Å². The first-order valence-corrected chi connectivity index (χ1v) is 8.74. The summed E-state index contributed by atoms with van der Waals surface area (Å²) in [4.78, 5) is 12.5. The minimum absolute atomic E-state index is 0.0645. The van der Waals surface area contributed by atoms with Crippen LogP contribution in [0.2, 0.25) is 0 Å². The number of nitrogens with one attached hydrogen (secondary N) is 1. The van der Waals surface area contributed by atoms with Crippen LogP contribution in [0.4, 0.5) is 17.6 Å². The second kappa shape index (κ2) is 6.96. The third kappa shape index (κ3) is 3.53. The van der Waals surface area contributed by atoms with E-state index in [4.69, 9.17) is 0 Å². The van der Waals surface area contributed by atoms with Crippen molar-refractivity contribution in [1.82, 2.24) is 15.1 Å². The van der Waals surface area contributed by atoms with E-state index in [9.17, 15) is 22.4 Å². The Morgan fingerprint density at radius 1 is 1.20 bits per heavy atom. The van der Waals surface area contributed by atoms with E-state index in [0.717, 1.165) is 17.0 Å². The quantitative estimate of drug-likeness (QED) is 0.770. The molecule has 1 aromatic rings. The van der Waals surface area contributed by atoms with Gasteiger partial charge in [-0.2, -0.15) is 5.10 Å². The Balaban J connectivity index is 1.69. The van der Waals surface area contributed by atoms with Gasteiger partial charge in [0.15, 0.2) is 0 Å². The van der Waals surface area contributed by atoms with E-state index in [0.29, 0.717) is 17.9 Å². The van der Waals surface area contributed by atoms with Gasteiger partial charge in [-0.05, 0) is 56.9 Å². The van der Waals surface area contributed by atoms with Gasteiger partial charge in [-0.3, -0.25) is 9.48 Å². The number of nitrogens with zero attached hydrogens (tertiary/aromatic N) is 2. The Morgan fingerprint density at radius 2 is 1.92 bits per heavy atom. The van der Waals surface area contributed by atoms with Crippen LogP contribution in [0.15, 0.2) is 6.07 Å². The van der Waals surface area contributed by atoms with Crippen molar-refractivity contribution in [3.63, 3.8) is 0 Å². The van der Waals surface area contributed by atoms with E-state index < -0.39 is 36.2 Å². The van der Waals surface area contributed by atoms with Crippen molar-refractivity contribution >= 4 is 5.91 Å². The zero-order chi connectivity index (χ0) is 18.3. The standard InChI is InChI=1S/C17H23F4N3O/c1-8(12-6-10-3-4-11(12)5-10)22-17(25)9(2)24-14(16(20)21)7-13(23-24)15(18)19/h7-12,15-16H,3-6H2,1-2H3,(H,22,25). The molecule has 5 unspecified atom stereocenters. The average molecular weight is 361 g/mol. The molecular formula is C17H23F4N3O. The van der Waals surface area contributed by atoms with Crippen LogP contribution in [0.25, 0.3) is 0 Å². The third-order valence-electron chi connectivity index (χ3n) is 5.78. The first kappa shape index (κ1) is 18.2. The van der Waals surface area contributed by atoms with Crippen LogP contribution in [0, 0.1) is 17.8 Å².